The maximum atomic E-state index is 6.64. The number of benzene rings is 2. The molecule has 196 valence electrons. The number of methoxy groups -OCH3 is 1. The Hall–Kier alpha value is -3.59. The second-order valence-electron chi connectivity index (χ2n) is 8.68. The first-order valence-electron chi connectivity index (χ1n) is 12.4. The van der Waals surface area contributed by atoms with Crippen LogP contribution in [0, 0.1) is 0 Å². The summed E-state index contributed by atoms with van der Waals surface area (Å²) in [7, 11) is 1.64. The number of nitrogens with zero attached hydrogens (tertiary/aromatic N) is 3. The van der Waals surface area contributed by atoms with E-state index >= 15 is 0 Å². The molecule has 0 radical (unpaired) electrons. The second-order valence-corrected chi connectivity index (χ2v) is 9.48. The standard InChI is InChI=1S/C29H29ClN4O3S/c1-3-36-22-12-9-20(10-13-22)33-16-6-8-25(33)28-27(24-7-4-5-15-31-24)32-29(38)34(28)21-11-14-26(23(30)19-21)37-18-17-35-2/h4-16,19,27-28H,3,17-18H2,1-2H3,(H,32,38)/t27-,28-/m0/s1. The minimum atomic E-state index is -0.199. The summed E-state index contributed by atoms with van der Waals surface area (Å²) < 4.78 is 18.7. The number of aromatic nitrogens is 2. The molecule has 2 atom stereocenters. The van der Waals surface area contributed by atoms with Gasteiger partial charge in [0.15, 0.2) is 5.11 Å². The summed E-state index contributed by atoms with van der Waals surface area (Å²) in [5, 5.41) is 4.60. The molecule has 5 rings (SSSR count). The summed E-state index contributed by atoms with van der Waals surface area (Å²) in [5.41, 5.74) is 3.82. The van der Waals surface area contributed by atoms with Crippen LogP contribution in [-0.4, -0.2) is 41.6 Å². The van der Waals surface area contributed by atoms with E-state index in [9.17, 15) is 0 Å². The Labute approximate surface area is 232 Å². The zero-order valence-corrected chi connectivity index (χ0v) is 22.8. The van der Waals surface area contributed by atoms with Gasteiger partial charge in [0.05, 0.1) is 30.0 Å². The molecule has 1 N–H and O–H groups in total. The maximum absolute atomic E-state index is 6.64. The molecule has 4 aromatic rings. The lowest BCUT2D eigenvalue weighted by atomic mass is 10.0. The van der Waals surface area contributed by atoms with Crippen LogP contribution in [0.1, 0.15) is 30.4 Å². The third-order valence-electron chi connectivity index (χ3n) is 6.35. The van der Waals surface area contributed by atoms with Crippen LogP contribution in [-0.2, 0) is 4.74 Å². The van der Waals surface area contributed by atoms with Gasteiger partial charge in [0, 0.05) is 36.6 Å². The number of ether oxygens (including phenoxy) is 3. The van der Waals surface area contributed by atoms with Gasteiger partial charge >= 0.3 is 0 Å². The van der Waals surface area contributed by atoms with Crippen molar-refractivity contribution in [3.05, 3.63) is 102 Å². The molecule has 7 nitrogen and oxygen atoms in total. The van der Waals surface area contributed by atoms with Crippen molar-refractivity contribution < 1.29 is 14.2 Å². The predicted molar refractivity (Wildman–Crippen MR) is 154 cm³/mol. The van der Waals surface area contributed by atoms with Gasteiger partial charge in [0.1, 0.15) is 24.1 Å². The van der Waals surface area contributed by atoms with E-state index in [4.69, 9.17) is 38.0 Å². The highest BCUT2D eigenvalue weighted by atomic mass is 35.5. The number of nitrogens with one attached hydrogen (secondary N) is 1. The monoisotopic (exact) mass is 548 g/mol. The molecule has 3 heterocycles. The number of rotatable bonds is 10. The van der Waals surface area contributed by atoms with E-state index in [2.05, 4.69) is 44.2 Å². The highest BCUT2D eigenvalue weighted by Gasteiger charge is 2.42. The van der Waals surface area contributed by atoms with Crippen molar-refractivity contribution >= 4 is 34.6 Å². The molecule has 0 saturated carbocycles. The molecular weight excluding hydrogens is 520 g/mol. The highest BCUT2D eigenvalue weighted by molar-refractivity contribution is 7.80. The number of anilines is 1. The second kappa shape index (κ2) is 11.9. The maximum Gasteiger partial charge on any atom is 0.174 e. The largest absolute Gasteiger partial charge is 0.494 e. The van der Waals surface area contributed by atoms with Crippen LogP contribution in [0.3, 0.4) is 0 Å². The van der Waals surface area contributed by atoms with E-state index in [1.807, 2.05) is 61.5 Å². The summed E-state index contributed by atoms with van der Waals surface area (Å²) in [5.74, 6) is 1.44. The van der Waals surface area contributed by atoms with Crippen LogP contribution in [0.25, 0.3) is 5.69 Å². The predicted octanol–water partition coefficient (Wildman–Crippen LogP) is 6.13. The third-order valence-corrected chi connectivity index (χ3v) is 6.96. The Morgan fingerprint density at radius 1 is 0.974 bits per heavy atom. The van der Waals surface area contributed by atoms with Crippen LogP contribution >= 0.6 is 23.8 Å². The minimum Gasteiger partial charge on any atom is -0.494 e. The molecule has 38 heavy (non-hydrogen) atoms. The van der Waals surface area contributed by atoms with E-state index in [0.29, 0.717) is 35.7 Å². The molecule has 0 amide bonds. The van der Waals surface area contributed by atoms with Gasteiger partial charge in [0.2, 0.25) is 0 Å². The van der Waals surface area contributed by atoms with Gasteiger partial charge in [-0.1, -0.05) is 17.7 Å². The molecule has 0 aliphatic carbocycles. The van der Waals surface area contributed by atoms with Gasteiger partial charge in [-0.3, -0.25) is 4.98 Å². The Morgan fingerprint density at radius 2 is 1.79 bits per heavy atom. The van der Waals surface area contributed by atoms with E-state index in [-0.39, 0.29) is 12.1 Å². The number of hydrogen-bond donors (Lipinski definition) is 1. The van der Waals surface area contributed by atoms with Crippen molar-refractivity contribution in [2.24, 2.45) is 0 Å². The SMILES string of the molecule is CCOc1ccc(-n2cccc2[C@H]2[C@H](c3ccccn3)NC(=S)N2c2ccc(OCCOC)c(Cl)c2)cc1. The zero-order valence-electron chi connectivity index (χ0n) is 21.2. The van der Waals surface area contributed by atoms with Gasteiger partial charge in [-0.25, -0.2) is 0 Å². The summed E-state index contributed by atoms with van der Waals surface area (Å²) >= 11 is 12.5. The summed E-state index contributed by atoms with van der Waals surface area (Å²) in [6.07, 6.45) is 3.86. The van der Waals surface area contributed by atoms with Gasteiger partial charge in [-0.2, -0.15) is 0 Å². The molecule has 0 unspecified atom stereocenters. The Morgan fingerprint density at radius 3 is 2.50 bits per heavy atom. The Bertz CT molecular complexity index is 1380. The average molecular weight is 549 g/mol. The molecule has 1 fully saturated rings. The highest BCUT2D eigenvalue weighted by Crippen LogP contribution is 2.43. The van der Waals surface area contributed by atoms with Gasteiger partial charge in [0.25, 0.3) is 0 Å². The molecule has 2 aromatic heterocycles. The molecule has 1 aliphatic rings. The summed E-state index contributed by atoms with van der Waals surface area (Å²) in [4.78, 5) is 6.76. The first kappa shape index (κ1) is 26.0. The van der Waals surface area contributed by atoms with Crippen molar-refractivity contribution in [1.82, 2.24) is 14.9 Å². The number of thiocarbonyl (C=S) groups is 1. The summed E-state index contributed by atoms with van der Waals surface area (Å²) in [6.45, 7) is 3.50. The van der Waals surface area contributed by atoms with E-state index < -0.39 is 0 Å². The molecule has 2 aromatic carbocycles. The Kier molecular flexibility index (Phi) is 8.12. The number of halogens is 1. The van der Waals surface area contributed by atoms with Crippen LogP contribution in [0.5, 0.6) is 11.5 Å². The molecule has 0 bridgehead atoms. The molecule has 1 aliphatic heterocycles. The van der Waals surface area contributed by atoms with E-state index in [0.717, 1.165) is 28.5 Å². The van der Waals surface area contributed by atoms with E-state index in [1.54, 1.807) is 13.3 Å². The topological polar surface area (TPSA) is 60.8 Å². The first-order valence-corrected chi connectivity index (χ1v) is 13.2. The Balaban J connectivity index is 1.56. The van der Waals surface area contributed by atoms with Crippen LogP contribution < -0.4 is 19.7 Å². The average Bonchev–Trinajstić information content (AvgIpc) is 3.55. The molecular formula is C29H29ClN4O3S. The quantitative estimate of drug-likeness (QED) is 0.189. The van der Waals surface area contributed by atoms with Crippen molar-refractivity contribution in [3.63, 3.8) is 0 Å². The van der Waals surface area contributed by atoms with Crippen molar-refractivity contribution in [2.45, 2.75) is 19.0 Å². The molecule has 1 saturated heterocycles. The molecule has 0 spiro atoms. The molecule has 9 heteroatoms. The fraction of sp³-hybridized carbons (Fsp3) is 0.241. The fourth-order valence-corrected chi connectivity index (χ4v) is 5.24. The number of hydrogen-bond acceptors (Lipinski definition) is 5. The minimum absolute atomic E-state index is 0.184. The zero-order chi connectivity index (χ0) is 26.5. The normalized spacial score (nSPS) is 16.9. The summed E-state index contributed by atoms with van der Waals surface area (Å²) in [6, 6.07) is 23.5. The number of pyridine rings is 1. The van der Waals surface area contributed by atoms with Gasteiger partial charge in [-0.05, 0) is 85.9 Å². The van der Waals surface area contributed by atoms with Crippen molar-refractivity contribution in [1.29, 1.82) is 0 Å². The fourth-order valence-electron chi connectivity index (χ4n) is 4.66. The van der Waals surface area contributed by atoms with Gasteiger partial charge < -0.3 is 29.0 Å². The third kappa shape index (κ3) is 5.34. The van der Waals surface area contributed by atoms with Gasteiger partial charge in [-0.15, -0.1) is 0 Å². The van der Waals surface area contributed by atoms with Crippen LogP contribution in [0.15, 0.2) is 85.2 Å². The lowest BCUT2D eigenvalue weighted by Gasteiger charge is -2.29. The lowest BCUT2D eigenvalue weighted by molar-refractivity contribution is 0.146. The lowest BCUT2D eigenvalue weighted by Crippen LogP contribution is -2.30. The van der Waals surface area contributed by atoms with Crippen molar-refractivity contribution in [3.8, 4) is 17.2 Å². The van der Waals surface area contributed by atoms with Crippen LogP contribution in [0.4, 0.5) is 5.69 Å². The van der Waals surface area contributed by atoms with E-state index in [1.165, 1.54) is 0 Å². The smallest absolute Gasteiger partial charge is 0.174 e. The van der Waals surface area contributed by atoms with Crippen LogP contribution in [0.2, 0.25) is 5.02 Å². The first-order chi connectivity index (χ1) is 18.6. The van der Waals surface area contributed by atoms with Crippen molar-refractivity contribution in [2.75, 3.05) is 31.8 Å².